The molecule has 0 spiro atoms. The number of nitrogens with one attached hydrogen (secondary N) is 2. The summed E-state index contributed by atoms with van der Waals surface area (Å²) in [4.78, 5) is 6.82. The van der Waals surface area contributed by atoms with Crippen molar-refractivity contribution in [2.75, 3.05) is 29.9 Å². The molecular formula is C22H21F2N5O. The fraction of sp³-hybridized carbons (Fsp3) is 0.273. The summed E-state index contributed by atoms with van der Waals surface area (Å²) in [6, 6.07) is 9.73. The Morgan fingerprint density at radius 2 is 1.97 bits per heavy atom. The number of hydrogen-bond donors (Lipinski definition) is 2. The van der Waals surface area contributed by atoms with Gasteiger partial charge < -0.3 is 15.0 Å². The van der Waals surface area contributed by atoms with Crippen molar-refractivity contribution in [1.29, 1.82) is 0 Å². The molecule has 0 radical (unpaired) electrons. The summed E-state index contributed by atoms with van der Waals surface area (Å²) in [6.45, 7) is 6.13. The molecule has 2 aliphatic rings. The molecule has 3 heterocycles. The molecule has 0 bridgehead atoms. The van der Waals surface area contributed by atoms with E-state index in [0.717, 1.165) is 24.3 Å². The van der Waals surface area contributed by atoms with E-state index in [1.165, 1.54) is 18.2 Å². The average molecular weight is 409 g/mol. The molecule has 2 aromatic carbocycles. The van der Waals surface area contributed by atoms with Gasteiger partial charge in [0.25, 0.3) is 0 Å². The van der Waals surface area contributed by atoms with Gasteiger partial charge in [0, 0.05) is 30.0 Å². The zero-order chi connectivity index (χ0) is 20.8. The molecule has 1 saturated heterocycles. The summed E-state index contributed by atoms with van der Waals surface area (Å²) in [5, 5.41) is 10.5. The van der Waals surface area contributed by atoms with Crippen molar-refractivity contribution in [3.63, 3.8) is 0 Å². The molecule has 2 N–H and O–H groups in total. The van der Waals surface area contributed by atoms with Crippen LogP contribution in [0.25, 0.3) is 11.3 Å². The molecule has 1 atom stereocenters. The van der Waals surface area contributed by atoms with Crippen molar-refractivity contribution >= 4 is 22.9 Å². The highest BCUT2D eigenvalue weighted by molar-refractivity contribution is 6.13. The Labute approximate surface area is 172 Å². The van der Waals surface area contributed by atoms with E-state index in [-0.39, 0.29) is 17.5 Å². The van der Waals surface area contributed by atoms with Crippen molar-refractivity contribution in [2.24, 2.45) is 4.99 Å². The first-order valence-corrected chi connectivity index (χ1v) is 9.87. The van der Waals surface area contributed by atoms with E-state index in [4.69, 9.17) is 4.74 Å². The standard InChI is InChI=1S/C22H21F2N5O/c1-12-11-29(8-9-30-12)14-6-7-18-15(10-14)21-20(13(2)27-28-21)26-22(25-18)19-16(23)4-3-5-17(19)24/h3-7,10,12H,8-9,11H2,1-2H3,(H,25,26)(H,27,28)/t12-/m0/s1. The fourth-order valence-corrected chi connectivity index (χ4v) is 3.96. The number of nitrogens with zero attached hydrogens (tertiary/aromatic N) is 3. The molecule has 30 heavy (non-hydrogen) atoms. The molecule has 0 amide bonds. The smallest absolute Gasteiger partial charge is 0.144 e. The third kappa shape index (κ3) is 3.13. The number of hydrogen-bond acceptors (Lipinski definition) is 5. The van der Waals surface area contributed by atoms with Crippen molar-refractivity contribution < 1.29 is 13.5 Å². The van der Waals surface area contributed by atoms with E-state index in [1.807, 2.05) is 25.1 Å². The number of aliphatic imine (C=N–C) groups is 1. The van der Waals surface area contributed by atoms with E-state index < -0.39 is 11.6 Å². The van der Waals surface area contributed by atoms with E-state index in [2.05, 4.69) is 32.3 Å². The lowest BCUT2D eigenvalue weighted by Gasteiger charge is -2.33. The molecule has 1 aromatic heterocycles. The Kier molecular flexibility index (Phi) is 4.51. The molecule has 3 aromatic rings. The maximum atomic E-state index is 14.5. The highest BCUT2D eigenvalue weighted by Gasteiger charge is 2.25. The van der Waals surface area contributed by atoms with Crippen LogP contribution in [0.2, 0.25) is 0 Å². The predicted molar refractivity (Wildman–Crippen MR) is 113 cm³/mol. The van der Waals surface area contributed by atoms with Crippen LogP contribution in [0.1, 0.15) is 18.2 Å². The minimum Gasteiger partial charge on any atom is -0.375 e. The summed E-state index contributed by atoms with van der Waals surface area (Å²) >= 11 is 0. The highest BCUT2D eigenvalue weighted by atomic mass is 19.1. The van der Waals surface area contributed by atoms with Gasteiger partial charge in [-0.25, -0.2) is 13.8 Å². The minimum absolute atomic E-state index is 0.114. The summed E-state index contributed by atoms with van der Waals surface area (Å²) in [7, 11) is 0. The van der Waals surface area contributed by atoms with Crippen LogP contribution in [0, 0.1) is 18.6 Å². The first-order chi connectivity index (χ1) is 14.5. The SMILES string of the molecule is Cc1n[nH]c2c1N=C(c1c(F)cccc1F)Nc1ccc(N3CCO[C@@H](C)C3)cc1-2. The number of aryl methyl sites for hydroxylation is 1. The monoisotopic (exact) mass is 409 g/mol. The van der Waals surface area contributed by atoms with Crippen LogP contribution in [-0.4, -0.2) is 41.8 Å². The van der Waals surface area contributed by atoms with E-state index in [1.54, 1.807) is 0 Å². The van der Waals surface area contributed by atoms with Crippen molar-refractivity contribution in [3.05, 3.63) is 59.3 Å². The first kappa shape index (κ1) is 18.7. The van der Waals surface area contributed by atoms with Gasteiger partial charge in [0.1, 0.15) is 23.2 Å². The van der Waals surface area contributed by atoms with Gasteiger partial charge in [-0.2, -0.15) is 5.10 Å². The number of H-pyrrole nitrogens is 1. The third-order valence-corrected chi connectivity index (χ3v) is 5.47. The molecule has 1 fully saturated rings. The number of amidine groups is 1. The number of aromatic amines is 1. The first-order valence-electron chi connectivity index (χ1n) is 9.87. The second kappa shape index (κ2) is 7.21. The van der Waals surface area contributed by atoms with Gasteiger partial charge >= 0.3 is 0 Å². The predicted octanol–water partition coefficient (Wildman–Crippen LogP) is 4.39. The number of halogens is 2. The molecule has 8 heteroatoms. The Morgan fingerprint density at radius 1 is 1.17 bits per heavy atom. The molecule has 2 aliphatic heterocycles. The molecule has 6 nitrogen and oxygen atoms in total. The van der Waals surface area contributed by atoms with Crippen LogP contribution in [0.3, 0.4) is 0 Å². The molecule has 0 saturated carbocycles. The van der Waals surface area contributed by atoms with Crippen molar-refractivity contribution in [2.45, 2.75) is 20.0 Å². The minimum atomic E-state index is -0.675. The zero-order valence-electron chi connectivity index (χ0n) is 16.7. The second-order valence-electron chi connectivity index (χ2n) is 7.57. The lowest BCUT2D eigenvalue weighted by molar-refractivity contribution is 0.0532. The fourth-order valence-electron chi connectivity index (χ4n) is 3.96. The van der Waals surface area contributed by atoms with Crippen LogP contribution >= 0.6 is 0 Å². The van der Waals surface area contributed by atoms with Gasteiger partial charge in [0.05, 0.1) is 29.7 Å². The maximum absolute atomic E-state index is 14.5. The van der Waals surface area contributed by atoms with Crippen molar-refractivity contribution in [1.82, 2.24) is 10.2 Å². The van der Waals surface area contributed by atoms with Crippen LogP contribution < -0.4 is 10.2 Å². The molecule has 0 unspecified atom stereocenters. The number of aromatic nitrogens is 2. The van der Waals surface area contributed by atoms with Crippen LogP contribution in [-0.2, 0) is 4.74 Å². The number of anilines is 2. The van der Waals surface area contributed by atoms with Gasteiger partial charge in [-0.1, -0.05) is 6.07 Å². The maximum Gasteiger partial charge on any atom is 0.144 e. The van der Waals surface area contributed by atoms with Gasteiger partial charge in [-0.05, 0) is 44.2 Å². The zero-order valence-corrected chi connectivity index (χ0v) is 16.7. The number of benzene rings is 2. The largest absolute Gasteiger partial charge is 0.375 e. The second-order valence-corrected chi connectivity index (χ2v) is 7.57. The van der Waals surface area contributed by atoms with Crippen molar-refractivity contribution in [3.8, 4) is 11.3 Å². The normalized spacial score (nSPS) is 18.2. The average Bonchev–Trinajstić information content (AvgIpc) is 2.99. The van der Waals surface area contributed by atoms with Gasteiger partial charge in [-0.3, -0.25) is 5.10 Å². The lowest BCUT2D eigenvalue weighted by atomic mass is 10.1. The molecule has 154 valence electrons. The van der Waals surface area contributed by atoms with Gasteiger partial charge in [-0.15, -0.1) is 0 Å². The number of morpholine rings is 1. The van der Waals surface area contributed by atoms with E-state index in [0.29, 0.717) is 29.4 Å². The van der Waals surface area contributed by atoms with Gasteiger partial charge in [0.15, 0.2) is 0 Å². The quantitative estimate of drug-likeness (QED) is 0.659. The third-order valence-electron chi connectivity index (χ3n) is 5.47. The van der Waals surface area contributed by atoms with Crippen LogP contribution in [0.4, 0.5) is 25.8 Å². The Hall–Kier alpha value is -3.26. The topological polar surface area (TPSA) is 65.5 Å². The number of fused-ring (bicyclic) bond motifs is 3. The number of rotatable bonds is 2. The number of ether oxygens (including phenoxy) is 1. The summed E-state index contributed by atoms with van der Waals surface area (Å²) in [5.41, 5.74) is 4.32. The summed E-state index contributed by atoms with van der Waals surface area (Å²) in [5.74, 6) is -1.24. The van der Waals surface area contributed by atoms with Crippen LogP contribution in [0.15, 0.2) is 41.4 Å². The van der Waals surface area contributed by atoms with E-state index >= 15 is 0 Å². The van der Waals surface area contributed by atoms with E-state index in [9.17, 15) is 8.78 Å². The summed E-state index contributed by atoms with van der Waals surface area (Å²) < 4.78 is 34.6. The lowest BCUT2D eigenvalue weighted by Crippen LogP contribution is -2.41. The van der Waals surface area contributed by atoms with Crippen LogP contribution in [0.5, 0.6) is 0 Å². The Balaban J connectivity index is 1.64. The highest BCUT2D eigenvalue weighted by Crippen LogP contribution is 2.41. The molecular weight excluding hydrogens is 388 g/mol. The van der Waals surface area contributed by atoms with Gasteiger partial charge in [0.2, 0.25) is 0 Å². The Bertz CT molecular complexity index is 1140. The molecule has 0 aliphatic carbocycles. The molecule has 5 rings (SSSR count). The Morgan fingerprint density at radius 3 is 2.73 bits per heavy atom. The summed E-state index contributed by atoms with van der Waals surface area (Å²) in [6.07, 6.45) is 0.152.